The number of piperazine rings is 1. The number of unbranched alkanes of at least 4 members (excludes halogenated alkanes) is 1. The first-order chi connectivity index (χ1) is 7.45. The van der Waals surface area contributed by atoms with E-state index in [0.29, 0.717) is 0 Å². The predicted molar refractivity (Wildman–Crippen MR) is 58.8 cm³/mol. The van der Waals surface area contributed by atoms with E-state index in [0.717, 1.165) is 25.2 Å². The molecular formula is C11H19N3O. The Balaban J connectivity index is 1.54. The molecule has 2 heterocycles. The summed E-state index contributed by atoms with van der Waals surface area (Å²) in [5, 5.41) is 7.27. The maximum absolute atomic E-state index is 4.79. The van der Waals surface area contributed by atoms with E-state index in [1.54, 1.807) is 6.26 Å². The average Bonchev–Trinajstić information content (AvgIpc) is 2.79. The van der Waals surface area contributed by atoms with Crippen LogP contribution in [0, 0.1) is 0 Å². The fraction of sp³-hybridized carbons (Fsp3) is 0.727. The maximum Gasteiger partial charge on any atom is 0.124 e. The Hall–Kier alpha value is -0.870. The van der Waals surface area contributed by atoms with Gasteiger partial charge in [-0.25, -0.2) is 0 Å². The molecule has 1 saturated heterocycles. The lowest BCUT2D eigenvalue weighted by Crippen LogP contribution is -2.43. The van der Waals surface area contributed by atoms with Gasteiger partial charge in [0, 0.05) is 32.2 Å². The summed E-state index contributed by atoms with van der Waals surface area (Å²) < 4.78 is 4.79. The molecule has 0 spiro atoms. The molecule has 2 rings (SSSR count). The maximum atomic E-state index is 4.79. The zero-order valence-corrected chi connectivity index (χ0v) is 9.11. The molecule has 0 unspecified atom stereocenters. The minimum Gasteiger partial charge on any atom is -0.365 e. The van der Waals surface area contributed by atoms with Crippen LogP contribution in [0.25, 0.3) is 0 Å². The predicted octanol–water partition coefficient (Wildman–Crippen LogP) is 0.902. The molecule has 1 aliphatic heterocycles. The summed E-state index contributed by atoms with van der Waals surface area (Å²) in [5.41, 5.74) is 1.08. The van der Waals surface area contributed by atoms with E-state index in [1.165, 1.54) is 32.5 Å². The van der Waals surface area contributed by atoms with Gasteiger partial charge >= 0.3 is 0 Å². The summed E-state index contributed by atoms with van der Waals surface area (Å²) in [7, 11) is 0. The van der Waals surface area contributed by atoms with Gasteiger partial charge in [0.05, 0.1) is 5.69 Å². The SMILES string of the molecule is c1cc(CCCCN2CCNCC2)no1. The standard InChI is InChI=1S/C11H19N3O/c1(3-11-4-10-15-13-11)2-7-14-8-5-12-6-9-14/h4,10,12H,1-3,5-9H2. The van der Waals surface area contributed by atoms with Crippen LogP contribution >= 0.6 is 0 Å². The van der Waals surface area contributed by atoms with E-state index in [-0.39, 0.29) is 0 Å². The third-order valence-corrected chi connectivity index (χ3v) is 2.86. The molecule has 4 heteroatoms. The Morgan fingerprint density at radius 1 is 1.33 bits per heavy atom. The highest BCUT2D eigenvalue weighted by molar-refractivity contribution is 4.94. The molecule has 1 aliphatic rings. The first-order valence-corrected chi connectivity index (χ1v) is 5.77. The van der Waals surface area contributed by atoms with Gasteiger partial charge < -0.3 is 14.7 Å². The second kappa shape index (κ2) is 5.88. The summed E-state index contributed by atoms with van der Waals surface area (Å²) >= 11 is 0. The molecule has 0 aliphatic carbocycles. The van der Waals surface area contributed by atoms with Crippen LogP contribution in [-0.4, -0.2) is 42.8 Å². The number of hydrogen-bond acceptors (Lipinski definition) is 4. The van der Waals surface area contributed by atoms with Crippen LogP contribution in [0.3, 0.4) is 0 Å². The topological polar surface area (TPSA) is 41.3 Å². The third kappa shape index (κ3) is 3.64. The number of rotatable bonds is 5. The Morgan fingerprint density at radius 3 is 2.93 bits per heavy atom. The summed E-state index contributed by atoms with van der Waals surface area (Å²) in [6.45, 7) is 5.90. The van der Waals surface area contributed by atoms with Gasteiger partial charge in [0.15, 0.2) is 0 Å². The summed E-state index contributed by atoms with van der Waals surface area (Å²) in [5.74, 6) is 0. The molecule has 0 saturated carbocycles. The lowest BCUT2D eigenvalue weighted by atomic mass is 10.2. The van der Waals surface area contributed by atoms with Gasteiger partial charge in [-0.15, -0.1) is 0 Å². The van der Waals surface area contributed by atoms with E-state index >= 15 is 0 Å². The van der Waals surface area contributed by atoms with E-state index < -0.39 is 0 Å². The zero-order valence-electron chi connectivity index (χ0n) is 9.11. The molecular weight excluding hydrogens is 190 g/mol. The molecule has 15 heavy (non-hydrogen) atoms. The molecule has 0 bridgehead atoms. The van der Waals surface area contributed by atoms with Crippen LogP contribution < -0.4 is 5.32 Å². The second-order valence-electron chi connectivity index (χ2n) is 4.04. The number of aryl methyl sites for hydroxylation is 1. The zero-order chi connectivity index (χ0) is 10.3. The summed E-state index contributed by atoms with van der Waals surface area (Å²) in [6.07, 6.45) is 5.15. The molecule has 1 fully saturated rings. The molecule has 0 aromatic carbocycles. The Labute approximate surface area is 90.6 Å². The molecule has 4 nitrogen and oxygen atoms in total. The molecule has 84 valence electrons. The Morgan fingerprint density at radius 2 is 2.20 bits per heavy atom. The fourth-order valence-electron chi connectivity index (χ4n) is 1.94. The van der Waals surface area contributed by atoms with Crippen LogP contribution in [0.15, 0.2) is 16.9 Å². The molecule has 1 aromatic rings. The number of nitrogens with zero attached hydrogens (tertiary/aromatic N) is 2. The van der Waals surface area contributed by atoms with Gasteiger partial charge in [0.25, 0.3) is 0 Å². The van der Waals surface area contributed by atoms with Crippen LogP contribution in [0.2, 0.25) is 0 Å². The van der Waals surface area contributed by atoms with Gasteiger partial charge in [-0.3, -0.25) is 0 Å². The lowest BCUT2D eigenvalue weighted by molar-refractivity contribution is 0.236. The van der Waals surface area contributed by atoms with Crippen molar-refractivity contribution in [3.05, 3.63) is 18.0 Å². The molecule has 0 radical (unpaired) electrons. The molecule has 1 N–H and O–H groups in total. The van der Waals surface area contributed by atoms with E-state index in [1.807, 2.05) is 6.07 Å². The number of hydrogen-bond donors (Lipinski definition) is 1. The van der Waals surface area contributed by atoms with Crippen LogP contribution in [0.4, 0.5) is 0 Å². The Bertz CT molecular complexity index is 255. The van der Waals surface area contributed by atoms with E-state index in [4.69, 9.17) is 4.52 Å². The van der Waals surface area contributed by atoms with Gasteiger partial charge in [-0.05, 0) is 25.8 Å². The monoisotopic (exact) mass is 209 g/mol. The van der Waals surface area contributed by atoms with Crippen LogP contribution in [0.1, 0.15) is 18.5 Å². The van der Waals surface area contributed by atoms with Crippen molar-refractivity contribution in [1.29, 1.82) is 0 Å². The van der Waals surface area contributed by atoms with Crippen molar-refractivity contribution in [2.45, 2.75) is 19.3 Å². The highest BCUT2D eigenvalue weighted by atomic mass is 16.5. The summed E-state index contributed by atoms with van der Waals surface area (Å²) in [4.78, 5) is 2.53. The van der Waals surface area contributed by atoms with Crippen molar-refractivity contribution >= 4 is 0 Å². The van der Waals surface area contributed by atoms with Crippen LogP contribution in [0.5, 0.6) is 0 Å². The quantitative estimate of drug-likeness (QED) is 0.732. The van der Waals surface area contributed by atoms with Crippen molar-refractivity contribution in [2.75, 3.05) is 32.7 Å². The van der Waals surface area contributed by atoms with Crippen LogP contribution in [-0.2, 0) is 6.42 Å². The first-order valence-electron chi connectivity index (χ1n) is 5.77. The minimum atomic E-state index is 1.04. The highest BCUT2D eigenvalue weighted by Gasteiger charge is 2.08. The Kier molecular flexibility index (Phi) is 4.17. The second-order valence-corrected chi connectivity index (χ2v) is 4.04. The molecule has 1 aromatic heterocycles. The minimum absolute atomic E-state index is 1.04. The van der Waals surface area contributed by atoms with Crippen molar-refractivity contribution in [3.63, 3.8) is 0 Å². The van der Waals surface area contributed by atoms with Crippen molar-refractivity contribution in [3.8, 4) is 0 Å². The summed E-state index contributed by atoms with van der Waals surface area (Å²) in [6, 6.07) is 1.95. The average molecular weight is 209 g/mol. The van der Waals surface area contributed by atoms with Gasteiger partial charge in [-0.1, -0.05) is 5.16 Å². The highest BCUT2D eigenvalue weighted by Crippen LogP contribution is 2.03. The van der Waals surface area contributed by atoms with Gasteiger partial charge in [-0.2, -0.15) is 0 Å². The normalized spacial score (nSPS) is 18.1. The van der Waals surface area contributed by atoms with Crippen molar-refractivity contribution in [1.82, 2.24) is 15.4 Å². The van der Waals surface area contributed by atoms with Gasteiger partial charge in [0.1, 0.15) is 6.26 Å². The van der Waals surface area contributed by atoms with E-state index in [2.05, 4.69) is 15.4 Å². The van der Waals surface area contributed by atoms with Crippen molar-refractivity contribution < 1.29 is 4.52 Å². The molecule has 0 atom stereocenters. The number of nitrogens with one attached hydrogen (secondary N) is 1. The molecule has 0 amide bonds. The number of aromatic nitrogens is 1. The lowest BCUT2D eigenvalue weighted by Gasteiger charge is -2.26. The van der Waals surface area contributed by atoms with Gasteiger partial charge in [0.2, 0.25) is 0 Å². The third-order valence-electron chi connectivity index (χ3n) is 2.86. The fourth-order valence-corrected chi connectivity index (χ4v) is 1.94. The first kappa shape index (κ1) is 10.6. The van der Waals surface area contributed by atoms with E-state index in [9.17, 15) is 0 Å². The largest absolute Gasteiger partial charge is 0.365 e. The van der Waals surface area contributed by atoms with Crippen molar-refractivity contribution in [2.24, 2.45) is 0 Å². The smallest absolute Gasteiger partial charge is 0.124 e.